The number of nitrogens with one attached hydrogen (secondary N) is 2. The van der Waals surface area contributed by atoms with Crippen LogP contribution in [0.5, 0.6) is 0 Å². The predicted octanol–water partition coefficient (Wildman–Crippen LogP) is 0.580. The molecule has 156 valence electrons. The summed E-state index contributed by atoms with van der Waals surface area (Å²) in [7, 11) is -4.78. The van der Waals surface area contributed by atoms with E-state index in [1.165, 1.54) is 16.2 Å². The van der Waals surface area contributed by atoms with Crippen LogP contribution < -0.4 is 11.1 Å². The second kappa shape index (κ2) is 8.14. The average molecular weight is 434 g/mol. The molecule has 1 saturated carbocycles. The lowest BCUT2D eigenvalue weighted by Gasteiger charge is -2.34. The number of carbonyl (C=O) groups is 1. The second-order valence-electron chi connectivity index (χ2n) is 6.73. The maximum absolute atomic E-state index is 12.7. The Morgan fingerprint density at radius 2 is 2.11 bits per heavy atom. The summed E-state index contributed by atoms with van der Waals surface area (Å²) in [6.45, 7) is 2.13. The summed E-state index contributed by atoms with van der Waals surface area (Å²) in [5.74, 6) is 0.188. The topological polar surface area (TPSA) is 175 Å². The smallest absolute Gasteiger partial charge is 0.370 e. The number of nitrogens with zero attached hydrogens (tertiary/aromatic N) is 4. The third kappa shape index (κ3) is 4.68. The van der Waals surface area contributed by atoms with Gasteiger partial charge in [0.05, 0.1) is 12.6 Å². The van der Waals surface area contributed by atoms with Gasteiger partial charge in [0.15, 0.2) is 5.96 Å². The average Bonchev–Trinajstić information content (AvgIpc) is 2.97. The maximum Gasteiger partial charge on any atom is 0.418 e. The molecular weight excluding hydrogens is 410 g/mol. The molecule has 0 bridgehead atoms. The van der Waals surface area contributed by atoms with Gasteiger partial charge in [0, 0.05) is 18.5 Å². The number of guanidine groups is 1. The summed E-state index contributed by atoms with van der Waals surface area (Å²) in [5, 5.41) is 20.9. The first-order chi connectivity index (χ1) is 13.2. The molecule has 2 amide bonds. The normalized spacial score (nSPS) is 25.9. The van der Waals surface area contributed by atoms with E-state index < -0.39 is 16.4 Å². The summed E-state index contributed by atoms with van der Waals surface area (Å²) >= 11 is 1.43. The fraction of sp³-hybridized carbons (Fsp3) is 0.714. The van der Waals surface area contributed by atoms with Gasteiger partial charge in [0.25, 0.3) is 0 Å². The molecule has 1 aliphatic heterocycles. The van der Waals surface area contributed by atoms with Crippen molar-refractivity contribution < 1.29 is 22.0 Å². The van der Waals surface area contributed by atoms with Gasteiger partial charge in [0.2, 0.25) is 0 Å². The van der Waals surface area contributed by atoms with Gasteiger partial charge in [-0.25, -0.2) is 4.79 Å². The molecule has 0 spiro atoms. The van der Waals surface area contributed by atoms with Gasteiger partial charge in [-0.2, -0.15) is 13.5 Å². The van der Waals surface area contributed by atoms with E-state index in [0.29, 0.717) is 29.5 Å². The molecule has 0 aromatic carbocycles. The summed E-state index contributed by atoms with van der Waals surface area (Å²) in [4.78, 5) is 14.1. The maximum atomic E-state index is 12.7. The van der Waals surface area contributed by atoms with Crippen LogP contribution in [0.3, 0.4) is 0 Å². The second-order valence-corrected chi connectivity index (χ2v) is 8.78. The Balaban J connectivity index is 1.70. The number of rotatable bonds is 6. The van der Waals surface area contributed by atoms with Gasteiger partial charge >= 0.3 is 16.4 Å². The highest BCUT2D eigenvalue weighted by Crippen LogP contribution is 2.40. The van der Waals surface area contributed by atoms with E-state index in [0.717, 1.165) is 17.8 Å². The molecule has 0 unspecified atom stereocenters. The molecule has 2 aliphatic rings. The van der Waals surface area contributed by atoms with Crippen LogP contribution in [-0.4, -0.2) is 64.3 Å². The zero-order chi connectivity index (χ0) is 20.5. The molecule has 1 aromatic rings. The number of nitrogens with two attached hydrogens (primary N) is 1. The van der Waals surface area contributed by atoms with E-state index >= 15 is 0 Å². The fourth-order valence-corrected chi connectivity index (χ4v) is 4.94. The summed E-state index contributed by atoms with van der Waals surface area (Å²) in [6.07, 6.45) is 2.67. The van der Waals surface area contributed by atoms with Gasteiger partial charge in [-0.15, -0.1) is 14.5 Å². The van der Waals surface area contributed by atoms with Crippen LogP contribution in [0.15, 0.2) is 0 Å². The Morgan fingerprint density at radius 3 is 2.71 bits per heavy atom. The standard InChI is InChI=1S/C14H23N7O5S2/c1-2-20-10(4-3-5-21(14(20)22)26-28(23,24)25)12-19-18-11(27-12)8-6-9(7-8)17-13(15)16/h8-10H,2-7H2,1H3,(H4,15,16,17)(H,23,24,25)/t8-,9-,10-/m0/s1. The van der Waals surface area contributed by atoms with Gasteiger partial charge in [-0.05, 0) is 32.6 Å². The fourth-order valence-electron chi connectivity index (χ4n) is 3.45. The molecular formula is C14H23N7O5S2. The van der Waals surface area contributed by atoms with Crippen LogP contribution >= 0.6 is 11.3 Å². The number of carbonyl (C=O) groups excluding carboxylic acids is 1. The highest BCUT2D eigenvalue weighted by atomic mass is 32.3. The van der Waals surface area contributed by atoms with E-state index in [9.17, 15) is 13.2 Å². The highest BCUT2D eigenvalue weighted by molar-refractivity contribution is 7.80. The highest BCUT2D eigenvalue weighted by Gasteiger charge is 2.37. The van der Waals surface area contributed by atoms with E-state index in [-0.39, 0.29) is 30.5 Å². The van der Waals surface area contributed by atoms with Crippen molar-refractivity contribution in [3.63, 3.8) is 0 Å². The summed E-state index contributed by atoms with van der Waals surface area (Å²) < 4.78 is 35.3. The minimum absolute atomic E-state index is 0.0400. The lowest BCUT2D eigenvalue weighted by Crippen LogP contribution is -2.46. The molecule has 0 radical (unpaired) electrons. The first-order valence-electron chi connectivity index (χ1n) is 8.87. The Morgan fingerprint density at radius 1 is 1.43 bits per heavy atom. The number of hydrogen-bond donors (Lipinski definition) is 4. The number of aromatic nitrogens is 2. The van der Waals surface area contributed by atoms with E-state index in [2.05, 4.69) is 19.8 Å². The number of hydrogen-bond acceptors (Lipinski definition) is 8. The molecule has 1 aromatic heterocycles. The zero-order valence-corrected chi connectivity index (χ0v) is 16.9. The third-order valence-corrected chi connectivity index (χ3v) is 6.34. The molecule has 1 saturated heterocycles. The largest absolute Gasteiger partial charge is 0.418 e. The van der Waals surface area contributed by atoms with Crippen molar-refractivity contribution in [1.29, 1.82) is 5.41 Å². The third-order valence-electron chi connectivity index (χ3n) is 4.79. The molecule has 2 fully saturated rings. The molecule has 2 heterocycles. The van der Waals surface area contributed by atoms with Crippen molar-refractivity contribution in [3.05, 3.63) is 10.0 Å². The SMILES string of the molecule is CCN1C(=O)N(OS(=O)(=O)O)CCC[C@H]1c1nnc([C@H]2C[C@H](NC(=N)N)C2)s1. The van der Waals surface area contributed by atoms with Crippen molar-refractivity contribution in [2.45, 2.75) is 50.6 Å². The number of amides is 2. The lowest BCUT2D eigenvalue weighted by molar-refractivity contribution is -0.0272. The number of urea groups is 1. The monoisotopic (exact) mass is 433 g/mol. The van der Waals surface area contributed by atoms with Crippen LogP contribution in [0.1, 0.15) is 54.6 Å². The van der Waals surface area contributed by atoms with Crippen LogP contribution in [-0.2, 0) is 14.7 Å². The first-order valence-corrected chi connectivity index (χ1v) is 11.0. The van der Waals surface area contributed by atoms with Gasteiger partial charge in [-0.1, -0.05) is 11.3 Å². The summed E-state index contributed by atoms with van der Waals surface area (Å²) in [6, 6.07) is -0.828. The van der Waals surface area contributed by atoms with E-state index in [1.807, 2.05) is 0 Å². The number of hydroxylamine groups is 2. The predicted molar refractivity (Wildman–Crippen MR) is 99.8 cm³/mol. The van der Waals surface area contributed by atoms with Crippen molar-refractivity contribution >= 4 is 33.7 Å². The Bertz CT molecular complexity index is 839. The van der Waals surface area contributed by atoms with Crippen LogP contribution in [0.4, 0.5) is 4.79 Å². The van der Waals surface area contributed by atoms with Crippen LogP contribution in [0.25, 0.3) is 0 Å². The first kappa shape index (κ1) is 20.7. The van der Waals surface area contributed by atoms with E-state index in [4.69, 9.17) is 15.7 Å². The molecule has 28 heavy (non-hydrogen) atoms. The van der Waals surface area contributed by atoms with Crippen LogP contribution in [0, 0.1) is 5.41 Å². The molecule has 1 atom stereocenters. The lowest BCUT2D eigenvalue weighted by atomic mass is 9.81. The molecule has 1 aliphatic carbocycles. The van der Waals surface area contributed by atoms with Gasteiger partial charge in [0.1, 0.15) is 10.0 Å². The van der Waals surface area contributed by atoms with Crippen LogP contribution in [0.2, 0.25) is 0 Å². The van der Waals surface area contributed by atoms with Crippen molar-refractivity contribution in [3.8, 4) is 0 Å². The Hall–Kier alpha value is -2.03. The molecule has 14 heteroatoms. The molecule has 5 N–H and O–H groups in total. The minimum Gasteiger partial charge on any atom is -0.370 e. The Labute approximate surface area is 166 Å². The molecule has 3 rings (SSSR count). The zero-order valence-electron chi connectivity index (χ0n) is 15.2. The van der Waals surface area contributed by atoms with Gasteiger partial charge in [-0.3, -0.25) is 9.96 Å². The van der Waals surface area contributed by atoms with Crippen molar-refractivity contribution in [2.75, 3.05) is 13.1 Å². The van der Waals surface area contributed by atoms with Crippen molar-refractivity contribution in [2.24, 2.45) is 5.73 Å². The minimum atomic E-state index is -4.78. The van der Waals surface area contributed by atoms with Gasteiger partial charge < -0.3 is 16.0 Å². The van der Waals surface area contributed by atoms with E-state index in [1.54, 1.807) is 6.92 Å². The molecule has 12 nitrogen and oxygen atoms in total. The Kier molecular flexibility index (Phi) is 6.02. The van der Waals surface area contributed by atoms with Crippen molar-refractivity contribution in [1.82, 2.24) is 25.5 Å². The summed E-state index contributed by atoms with van der Waals surface area (Å²) in [5.41, 5.74) is 5.34. The quantitative estimate of drug-likeness (QED) is 0.284.